The monoisotopic (exact) mass is 283 g/mol. The summed E-state index contributed by atoms with van der Waals surface area (Å²) in [6.45, 7) is 2.90. The molecule has 0 bridgehead atoms. The zero-order valence-corrected chi connectivity index (χ0v) is 12.2. The lowest BCUT2D eigenvalue weighted by Crippen LogP contribution is -2.10. The number of rotatable bonds is 8. The van der Waals surface area contributed by atoms with Gasteiger partial charge in [0.25, 0.3) is 0 Å². The van der Waals surface area contributed by atoms with E-state index in [9.17, 15) is 9.90 Å². The number of thioether (sulfide) groups is 1. The molecule has 106 valence electrons. The standard InChI is InChI=1S/C14H21NO3S/c1-10(9-16)5-4-8-15-11-6-3-7-12(19-2)13(11)14(17)18/h3,6-7,10,15-16H,4-5,8-9H2,1-2H3,(H,17,18). The van der Waals surface area contributed by atoms with Crippen molar-refractivity contribution in [1.82, 2.24) is 0 Å². The SMILES string of the molecule is CSc1cccc(NCCCC(C)CO)c1C(=O)O. The highest BCUT2D eigenvalue weighted by Crippen LogP contribution is 2.27. The van der Waals surface area contributed by atoms with E-state index in [0.717, 1.165) is 17.7 Å². The number of benzene rings is 1. The number of carbonyl (C=O) groups is 1. The summed E-state index contributed by atoms with van der Waals surface area (Å²) in [6.07, 6.45) is 3.70. The van der Waals surface area contributed by atoms with Crippen LogP contribution in [0.2, 0.25) is 0 Å². The normalized spacial score (nSPS) is 12.2. The molecule has 0 saturated heterocycles. The van der Waals surface area contributed by atoms with Gasteiger partial charge in [-0.25, -0.2) is 4.79 Å². The maximum absolute atomic E-state index is 11.3. The van der Waals surface area contributed by atoms with Crippen molar-refractivity contribution in [3.8, 4) is 0 Å². The van der Waals surface area contributed by atoms with Gasteiger partial charge in [-0.15, -0.1) is 11.8 Å². The van der Waals surface area contributed by atoms with Gasteiger partial charge in [0.15, 0.2) is 0 Å². The second-order valence-electron chi connectivity index (χ2n) is 4.54. The van der Waals surface area contributed by atoms with Gasteiger partial charge in [-0.3, -0.25) is 0 Å². The smallest absolute Gasteiger partial charge is 0.338 e. The van der Waals surface area contributed by atoms with E-state index >= 15 is 0 Å². The van der Waals surface area contributed by atoms with Gasteiger partial charge < -0.3 is 15.5 Å². The van der Waals surface area contributed by atoms with Gasteiger partial charge in [0.2, 0.25) is 0 Å². The predicted octanol–water partition coefficient (Wildman–Crippen LogP) is 2.93. The van der Waals surface area contributed by atoms with Crippen LogP contribution in [-0.2, 0) is 0 Å². The van der Waals surface area contributed by atoms with Crippen molar-refractivity contribution in [3.63, 3.8) is 0 Å². The summed E-state index contributed by atoms with van der Waals surface area (Å²) in [6, 6.07) is 5.46. The Labute approximate surface area is 118 Å². The molecule has 0 aliphatic carbocycles. The highest BCUT2D eigenvalue weighted by molar-refractivity contribution is 7.98. The van der Waals surface area contributed by atoms with E-state index in [1.54, 1.807) is 6.07 Å². The van der Waals surface area contributed by atoms with E-state index < -0.39 is 5.97 Å². The summed E-state index contributed by atoms with van der Waals surface area (Å²) in [5.74, 6) is -0.616. The highest BCUT2D eigenvalue weighted by Gasteiger charge is 2.14. The summed E-state index contributed by atoms with van der Waals surface area (Å²) in [5.41, 5.74) is 1.00. The van der Waals surface area contributed by atoms with Gasteiger partial charge in [-0.05, 0) is 37.1 Å². The van der Waals surface area contributed by atoms with Crippen molar-refractivity contribution < 1.29 is 15.0 Å². The van der Waals surface area contributed by atoms with Crippen LogP contribution in [0, 0.1) is 5.92 Å². The number of aliphatic hydroxyl groups is 1. The maximum atomic E-state index is 11.3. The molecule has 0 aromatic heterocycles. The third kappa shape index (κ3) is 4.76. The molecule has 19 heavy (non-hydrogen) atoms. The molecule has 0 aliphatic rings. The fourth-order valence-electron chi connectivity index (χ4n) is 1.83. The zero-order chi connectivity index (χ0) is 14.3. The van der Waals surface area contributed by atoms with E-state index in [-0.39, 0.29) is 6.61 Å². The second-order valence-corrected chi connectivity index (χ2v) is 5.39. The van der Waals surface area contributed by atoms with Gasteiger partial charge >= 0.3 is 5.97 Å². The van der Waals surface area contributed by atoms with Crippen LogP contribution in [-0.4, -0.2) is 35.6 Å². The summed E-state index contributed by atoms with van der Waals surface area (Å²) in [7, 11) is 0. The lowest BCUT2D eigenvalue weighted by molar-refractivity contribution is 0.0694. The van der Waals surface area contributed by atoms with Crippen molar-refractivity contribution in [1.29, 1.82) is 0 Å². The molecule has 1 unspecified atom stereocenters. The van der Waals surface area contributed by atoms with Crippen molar-refractivity contribution in [2.75, 3.05) is 24.7 Å². The Morgan fingerprint density at radius 2 is 2.21 bits per heavy atom. The average molecular weight is 283 g/mol. The van der Waals surface area contributed by atoms with Gasteiger partial charge in [0.05, 0.1) is 5.56 Å². The zero-order valence-electron chi connectivity index (χ0n) is 11.3. The molecule has 0 fully saturated rings. The Morgan fingerprint density at radius 1 is 1.47 bits per heavy atom. The number of carboxylic acid groups (broad SMARTS) is 1. The molecule has 0 aliphatic heterocycles. The molecule has 0 radical (unpaired) electrons. The predicted molar refractivity (Wildman–Crippen MR) is 79.2 cm³/mol. The summed E-state index contributed by atoms with van der Waals surface area (Å²) in [5, 5.41) is 21.4. The number of aromatic carboxylic acids is 1. The van der Waals surface area contributed by atoms with Crippen molar-refractivity contribution in [2.45, 2.75) is 24.7 Å². The van der Waals surface area contributed by atoms with E-state index in [1.165, 1.54) is 11.8 Å². The van der Waals surface area contributed by atoms with Crippen molar-refractivity contribution >= 4 is 23.4 Å². The molecule has 0 amide bonds. The highest BCUT2D eigenvalue weighted by atomic mass is 32.2. The number of anilines is 1. The van der Waals surface area contributed by atoms with Crippen LogP contribution >= 0.6 is 11.8 Å². The molecule has 3 N–H and O–H groups in total. The molecular weight excluding hydrogens is 262 g/mol. The Balaban J connectivity index is 2.65. The molecule has 1 aromatic carbocycles. The molecule has 1 rings (SSSR count). The molecule has 4 nitrogen and oxygen atoms in total. The quantitative estimate of drug-likeness (QED) is 0.505. The third-order valence-electron chi connectivity index (χ3n) is 2.96. The van der Waals surface area contributed by atoms with E-state index in [0.29, 0.717) is 23.7 Å². The minimum atomic E-state index is -0.906. The van der Waals surface area contributed by atoms with Gasteiger partial charge in [0.1, 0.15) is 0 Å². The first-order valence-electron chi connectivity index (χ1n) is 6.35. The van der Waals surface area contributed by atoms with Gasteiger partial charge in [-0.1, -0.05) is 13.0 Å². The summed E-state index contributed by atoms with van der Waals surface area (Å²) in [4.78, 5) is 12.1. The first-order valence-corrected chi connectivity index (χ1v) is 7.57. The summed E-state index contributed by atoms with van der Waals surface area (Å²) < 4.78 is 0. The van der Waals surface area contributed by atoms with E-state index in [1.807, 2.05) is 25.3 Å². The minimum absolute atomic E-state index is 0.197. The Bertz CT molecular complexity index is 423. The second kappa shape index (κ2) is 8.07. The third-order valence-corrected chi connectivity index (χ3v) is 3.74. The fraction of sp³-hybridized carbons (Fsp3) is 0.500. The molecule has 0 spiro atoms. The van der Waals surface area contributed by atoms with Crippen LogP contribution in [0.4, 0.5) is 5.69 Å². The van der Waals surface area contributed by atoms with Crippen LogP contribution in [0.25, 0.3) is 0 Å². The number of hydrogen-bond donors (Lipinski definition) is 3. The molecular formula is C14H21NO3S. The lowest BCUT2D eigenvalue weighted by atomic mass is 10.1. The molecule has 1 atom stereocenters. The van der Waals surface area contributed by atoms with Crippen molar-refractivity contribution in [2.24, 2.45) is 5.92 Å². The summed E-state index contributed by atoms with van der Waals surface area (Å²) >= 11 is 1.43. The van der Waals surface area contributed by atoms with Gasteiger partial charge in [-0.2, -0.15) is 0 Å². The van der Waals surface area contributed by atoms with Crippen LogP contribution in [0.15, 0.2) is 23.1 Å². The van der Waals surface area contributed by atoms with Crippen molar-refractivity contribution in [3.05, 3.63) is 23.8 Å². The molecule has 5 heteroatoms. The molecule has 1 aromatic rings. The Morgan fingerprint density at radius 3 is 2.79 bits per heavy atom. The number of carboxylic acids is 1. The van der Waals surface area contributed by atoms with Gasteiger partial charge in [0, 0.05) is 23.7 Å². The maximum Gasteiger partial charge on any atom is 0.338 e. The van der Waals surface area contributed by atoms with E-state index in [4.69, 9.17) is 5.11 Å². The number of aliphatic hydroxyl groups excluding tert-OH is 1. The van der Waals surface area contributed by atoms with E-state index in [2.05, 4.69) is 5.32 Å². The largest absolute Gasteiger partial charge is 0.478 e. The number of nitrogens with one attached hydrogen (secondary N) is 1. The average Bonchev–Trinajstić information content (AvgIpc) is 2.42. The van der Waals surface area contributed by atoms with Crippen LogP contribution in [0.1, 0.15) is 30.1 Å². The fourth-order valence-corrected chi connectivity index (χ4v) is 2.45. The van der Waals surface area contributed by atoms with Crippen LogP contribution in [0.5, 0.6) is 0 Å². The first kappa shape index (κ1) is 15.9. The number of hydrogen-bond acceptors (Lipinski definition) is 4. The van der Waals surface area contributed by atoms with Crippen LogP contribution < -0.4 is 5.32 Å². The first-order chi connectivity index (χ1) is 9.10. The minimum Gasteiger partial charge on any atom is -0.478 e. The lowest BCUT2D eigenvalue weighted by Gasteiger charge is -2.13. The Hall–Kier alpha value is -1.20. The molecule has 0 heterocycles. The topological polar surface area (TPSA) is 69.6 Å². The molecule has 0 saturated carbocycles. The Kier molecular flexibility index (Phi) is 6.73. The van der Waals surface area contributed by atoms with Crippen LogP contribution in [0.3, 0.4) is 0 Å².